The molecule has 0 aromatic rings. The minimum Gasteiger partial charge on any atom is -0.263 e. The second-order valence-electron chi connectivity index (χ2n) is 0.680. The molecule has 0 rings (SSSR count). The summed E-state index contributed by atoms with van der Waals surface area (Å²) >= 11 is 1.95. The fourth-order valence-corrected chi connectivity index (χ4v) is 0. The third kappa shape index (κ3) is 4.20. The highest BCUT2D eigenvalue weighted by molar-refractivity contribution is 6.12. The quantitative estimate of drug-likeness (QED) is 0.324. The monoisotopic (exact) mass is 86.0 g/mol. The lowest BCUT2D eigenvalue weighted by Gasteiger charge is -1.81. The third-order valence-electron chi connectivity index (χ3n) is 0.225. The minimum absolute atomic E-state index is 0.935. The van der Waals surface area contributed by atoms with E-state index < -0.39 is 5.03 Å². The SMILES string of the molecule is C=C[CH](F)[Al]. The first-order valence-electron chi connectivity index (χ1n) is 1.29. The van der Waals surface area contributed by atoms with Gasteiger partial charge in [0.25, 0.3) is 0 Å². The fraction of sp³-hybridized carbons (Fsp3) is 0.333. The second-order valence-corrected chi connectivity index (χ2v) is 1.32. The van der Waals surface area contributed by atoms with Gasteiger partial charge in [-0.1, -0.05) is 6.08 Å². The highest BCUT2D eigenvalue weighted by Gasteiger charge is 1.78. The van der Waals surface area contributed by atoms with E-state index in [2.05, 4.69) is 6.58 Å². The Balaban J connectivity index is 2.83. The van der Waals surface area contributed by atoms with Crippen LogP contribution in [0.5, 0.6) is 0 Å². The van der Waals surface area contributed by atoms with Gasteiger partial charge < -0.3 is 0 Å². The normalized spacial score (nSPS) is 13.8. The Morgan fingerprint density at radius 1 is 2.00 bits per heavy atom. The first-order valence-corrected chi connectivity index (χ1v) is 1.96. The molecule has 0 spiro atoms. The maximum atomic E-state index is 11.3. The molecule has 0 heterocycles. The van der Waals surface area contributed by atoms with Gasteiger partial charge in [-0.15, -0.1) is 6.58 Å². The minimum atomic E-state index is -0.935. The zero-order valence-electron chi connectivity index (χ0n) is 2.82. The molecule has 26 valence electrons. The molecule has 0 aliphatic rings. The van der Waals surface area contributed by atoms with Crippen molar-refractivity contribution in [3.05, 3.63) is 12.7 Å². The first kappa shape index (κ1) is 5.20. The van der Waals surface area contributed by atoms with Gasteiger partial charge in [-0.25, -0.2) is 0 Å². The summed E-state index contributed by atoms with van der Waals surface area (Å²) in [6.45, 7) is 3.16. The van der Waals surface area contributed by atoms with Crippen molar-refractivity contribution in [1.82, 2.24) is 0 Å². The van der Waals surface area contributed by atoms with Crippen molar-refractivity contribution >= 4 is 16.3 Å². The van der Waals surface area contributed by atoms with Crippen LogP contribution in [0.25, 0.3) is 0 Å². The average molecular weight is 86.0 g/mol. The summed E-state index contributed by atoms with van der Waals surface area (Å²) in [4.78, 5) is 0. The molecule has 0 fully saturated rings. The number of alkyl halides is 1. The molecule has 0 bridgehead atoms. The van der Waals surface area contributed by atoms with Gasteiger partial charge >= 0.3 is 0 Å². The average Bonchev–Trinajstić information content (AvgIpc) is 1.38. The van der Waals surface area contributed by atoms with E-state index in [1.54, 1.807) is 0 Å². The highest BCUT2D eigenvalue weighted by Crippen LogP contribution is 1.77. The van der Waals surface area contributed by atoms with Crippen molar-refractivity contribution in [2.24, 2.45) is 0 Å². The molecule has 0 aliphatic heterocycles. The van der Waals surface area contributed by atoms with Crippen molar-refractivity contribution in [3.8, 4) is 0 Å². The van der Waals surface area contributed by atoms with Crippen LogP contribution in [0.4, 0.5) is 4.39 Å². The summed E-state index contributed by atoms with van der Waals surface area (Å²) in [5.74, 6) is 0. The molecule has 0 aromatic heterocycles. The Bertz CT molecular complexity index is 33.9. The van der Waals surface area contributed by atoms with Gasteiger partial charge in [0.1, 0.15) is 0 Å². The lowest BCUT2D eigenvalue weighted by Crippen LogP contribution is -1.87. The van der Waals surface area contributed by atoms with Crippen molar-refractivity contribution in [3.63, 3.8) is 0 Å². The topological polar surface area (TPSA) is 0 Å². The summed E-state index contributed by atoms with van der Waals surface area (Å²) in [5, 5.41) is -0.935. The number of halogens is 1. The van der Waals surface area contributed by atoms with E-state index in [0.717, 1.165) is 0 Å². The van der Waals surface area contributed by atoms with Gasteiger partial charge in [0, 0.05) is 5.03 Å². The van der Waals surface area contributed by atoms with E-state index in [9.17, 15) is 4.39 Å². The van der Waals surface area contributed by atoms with Crippen LogP contribution in [-0.4, -0.2) is 21.3 Å². The van der Waals surface area contributed by atoms with Crippen molar-refractivity contribution in [1.29, 1.82) is 0 Å². The van der Waals surface area contributed by atoms with Gasteiger partial charge in [-0.2, -0.15) is 0 Å². The molecule has 0 nitrogen and oxygen atoms in total. The summed E-state index contributed by atoms with van der Waals surface area (Å²) in [5.41, 5.74) is 0. The molecule has 1 unspecified atom stereocenters. The Morgan fingerprint density at radius 2 is 2.20 bits per heavy atom. The number of hydrogen-bond acceptors (Lipinski definition) is 0. The summed E-state index contributed by atoms with van der Waals surface area (Å²) < 4.78 is 11.3. The number of allylic oxidation sites excluding steroid dienone is 1. The number of hydrogen-bond donors (Lipinski definition) is 0. The molecule has 5 heavy (non-hydrogen) atoms. The Morgan fingerprint density at radius 3 is 2.20 bits per heavy atom. The maximum Gasteiger partial charge on any atom is 0.187 e. The summed E-state index contributed by atoms with van der Waals surface area (Å²) in [6.07, 6.45) is 1.21. The zero-order valence-corrected chi connectivity index (χ0v) is 3.97. The summed E-state index contributed by atoms with van der Waals surface area (Å²) in [6, 6.07) is 0. The molecule has 0 aromatic carbocycles. The molecule has 0 amide bonds. The van der Waals surface area contributed by atoms with Crippen LogP contribution in [-0.2, 0) is 0 Å². The van der Waals surface area contributed by atoms with Gasteiger partial charge in [-0.05, 0) is 0 Å². The van der Waals surface area contributed by atoms with E-state index in [0.29, 0.717) is 0 Å². The van der Waals surface area contributed by atoms with E-state index in [1.807, 2.05) is 16.3 Å². The fourth-order valence-electron chi connectivity index (χ4n) is 0. The van der Waals surface area contributed by atoms with E-state index in [1.165, 1.54) is 6.08 Å². The Labute approximate surface area is 39.1 Å². The predicted molar refractivity (Wildman–Crippen MR) is 20.8 cm³/mol. The smallest absolute Gasteiger partial charge is 0.187 e. The van der Waals surface area contributed by atoms with Crippen LogP contribution >= 0.6 is 0 Å². The van der Waals surface area contributed by atoms with Gasteiger partial charge in [0.15, 0.2) is 16.3 Å². The first-order chi connectivity index (χ1) is 2.27. The van der Waals surface area contributed by atoms with E-state index in [-0.39, 0.29) is 0 Å². The Hall–Kier alpha value is 0.202. The molecule has 1 atom stereocenters. The van der Waals surface area contributed by atoms with Crippen LogP contribution in [0.1, 0.15) is 0 Å². The predicted octanol–water partition coefficient (Wildman–Crippen LogP) is 0.636. The zero-order chi connectivity index (χ0) is 4.28. The van der Waals surface area contributed by atoms with Crippen molar-refractivity contribution in [2.45, 2.75) is 5.03 Å². The molecular formula is C3H4AlF. The van der Waals surface area contributed by atoms with Gasteiger partial charge in [0.05, 0.1) is 0 Å². The second kappa shape index (κ2) is 2.44. The highest BCUT2D eigenvalue weighted by atomic mass is 27.0. The number of rotatable bonds is 1. The molecule has 0 N–H and O–H groups in total. The molecule has 0 aliphatic carbocycles. The maximum absolute atomic E-state index is 11.3. The van der Waals surface area contributed by atoms with Crippen LogP contribution in [0.3, 0.4) is 0 Å². The summed E-state index contributed by atoms with van der Waals surface area (Å²) in [7, 11) is 0. The van der Waals surface area contributed by atoms with Crippen molar-refractivity contribution < 1.29 is 4.39 Å². The lowest BCUT2D eigenvalue weighted by molar-refractivity contribution is 0.512. The van der Waals surface area contributed by atoms with Crippen LogP contribution in [0, 0.1) is 0 Å². The lowest BCUT2D eigenvalue weighted by atomic mass is 10.7. The third-order valence-corrected chi connectivity index (χ3v) is 0.497. The molecular weight excluding hydrogens is 82.0 g/mol. The van der Waals surface area contributed by atoms with Crippen LogP contribution in [0.2, 0.25) is 0 Å². The van der Waals surface area contributed by atoms with Gasteiger partial charge in [-0.3, -0.25) is 4.39 Å². The molecule has 2 radical (unpaired) electrons. The molecule has 0 saturated carbocycles. The molecule has 2 heteroatoms. The van der Waals surface area contributed by atoms with Crippen molar-refractivity contribution in [2.75, 3.05) is 0 Å². The standard InChI is InChI=1S/C3H4F.Al/c1-2-3-4;/h2-3H,1H2;. The van der Waals surface area contributed by atoms with Gasteiger partial charge in [0.2, 0.25) is 0 Å². The van der Waals surface area contributed by atoms with E-state index in [4.69, 9.17) is 0 Å². The Kier molecular flexibility index (Phi) is 2.54. The molecule has 0 saturated heterocycles. The van der Waals surface area contributed by atoms with Crippen LogP contribution < -0.4 is 0 Å². The largest absolute Gasteiger partial charge is 0.263 e. The van der Waals surface area contributed by atoms with Crippen LogP contribution in [0.15, 0.2) is 12.7 Å². The van der Waals surface area contributed by atoms with E-state index >= 15 is 0 Å².